The van der Waals surface area contributed by atoms with Crippen LogP contribution in [0.4, 0.5) is 23.5 Å². The van der Waals surface area contributed by atoms with Gasteiger partial charge in [0, 0.05) is 36.4 Å². The van der Waals surface area contributed by atoms with Crippen LogP contribution in [0.5, 0.6) is 5.75 Å². The maximum absolute atomic E-state index is 13.3. The largest absolute Gasteiger partial charge is 0.505 e. The molecule has 14 heteroatoms. The number of nitrogens with one attached hydrogen (secondary N) is 4. The Morgan fingerprint density at radius 1 is 0.739 bits per heavy atom. The summed E-state index contributed by atoms with van der Waals surface area (Å²) in [5.74, 6) is -0.884. The number of benzene rings is 1. The van der Waals surface area contributed by atoms with Crippen molar-refractivity contribution < 1.29 is 28.7 Å². The van der Waals surface area contributed by atoms with Crippen LogP contribution in [0, 0.1) is 0 Å². The van der Waals surface area contributed by atoms with Crippen LogP contribution in [-0.4, -0.2) is 57.3 Å². The molecule has 2 aromatic heterocycles. The Balaban J connectivity index is 1.77. The first-order valence-electron chi connectivity index (χ1n) is 15.2. The molecule has 0 saturated heterocycles. The van der Waals surface area contributed by atoms with Gasteiger partial charge in [-0.1, -0.05) is 13.8 Å². The number of anilines is 4. The molecule has 4 amide bonds. The van der Waals surface area contributed by atoms with Crippen LogP contribution in [0.15, 0.2) is 55.1 Å². The first kappa shape index (κ1) is 35.1. The third-order valence-corrected chi connectivity index (χ3v) is 6.20. The van der Waals surface area contributed by atoms with Crippen molar-refractivity contribution in [1.29, 1.82) is 0 Å². The van der Waals surface area contributed by atoms with Gasteiger partial charge in [0.1, 0.15) is 17.4 Å². The number of unbranched alkanes of at least 4 members (excludes halogenated alkanes) is 3. The molecule has 0 aliphatic rings. The standard InChI is InChI=1S/C32H40N8O6/c1-4-11-27(41)35-25-13-15-33-31(37-25)39-29(43)22-19-23(21-24(20-22)46-18-10-8-6-7-9-17-45-3)30(44)40-32-34-16-14-26(38-32)36-28(42)12-5-2/h9,13-17,19-21H,4-8,10-12,18H2,1-3H3,(H2,33,35,37,39,41,43)(H2,34,36,38,40,42,44)/b17-9+. The molecular formula is C32H40N8O6. The summed E-state index contributed by atoms with van der Waals surface area (Å²) >= 11 is 0. The summed E-state index contributed by atoms with van der Waals surface area (Å²) in [6.07, 6.45) is 11.9. The zero-order valence-corrected chi connectivity index (χ0v) is 26.3. The van der Waals surface area contributed by atoms with Gasteiger partial charge in [0.25, 0.3) is 11.8 Å². The number of hydrogen-bond acceptors (Lipinski definition) is 10. The predicted octanol–water partition coefficient (Wildman–Crippen LogP) is 5.35. The average Bonchev–Trinajstić information content (AvgIpc) is 3.02. The van der Waals surface area contributed by atoms with Crippen LogP contribution in [-0.2, 0) is 14.3 Å². The van der Waals surface area contributed by atoms with Gasteiger partial charge in [0.05, 0.1) is 20.0 Å². The highest BCUT2D eigenvalue weighted by Gasteiger charge is 2.17. The third kappa shape index (κ3) is 12.3. The minimum atomic E-state index is -0.599. The van der Waals surface area contributed by atoms with Crippen molar-refractivity contribution in [2.45, 2.75) is 65.2 Å². The normalized spacial score (nSPS) is 10.7. The van der Waals surface area contributed by atoms with E-state index in [0.29, 0.717) is 38.0 Å². The minimum absolute atomic E-state index is 0.0329. The Hall–Kier alpha value is -5.40. The van der Waals surface area contributed by atoms with Gasteiger partial charge in [-0.15, -0.1) is 0 Å². The molecular weight excluding hydrogens is 592 g/mol. The molecule has 0 saturated carbocycles. The van der Waals surface area contributed by atoms with Crippen molar-refractivity contribution in [3.63, 3.8) is 0 Å². The lowest BCUT2D eigenvalue weighted by atomic mass is 10.1. The van der Waals surface area contributed by atoms with Gasteiger partial charge < -0.3 is 20.1 Å². The molecule has 0 atom stereocenters. The van der Waals surface area contributed by atoms with Gasteiger partial charge in [-0.3, -0.25) is 29.8 Å². The second-order valence-corrected chi connectivity index (χ2v) is 10.1. The van der Waals surface area contributed by atoms with E-state index in [1.54, 1.807) is 13.4 Å². The van der Waals surface area contributed by atoms with Gasteiger partial charge in [-0.25, -0.2) is 9.97 Å². The fourth-order valence-electron chi connectivity index (χ4n) is 4.03. The molecule has 0 spiro atoms. The van der Waals surface area contributed by atoms with Crippen LogP contribution in [0.3, 0.4) is 0 Å². The summed E-state index contributed by atoms with van der Waals surface area (Å²) in [4.78, 5) is 67.0. The van der Waals surface area contributed by atoms with Crippen molar-refractivity contribution >= 4 is 47.2 Å². The first-order valence-corrected chi connectivity index (χ1v) is 15.2. The summed E-state index contributed by atoms with van der Waals surface area (Å²) in [7, 11) is 1.60. The van der Waals surface area contributed by atoms with Crippen molar-refractivity contribution in [1.82, 2.24) is 19.9 Å². The fourth-order valence-corrected chi connectivity index (χ4v) is 4.03. The summed E-state index contributed by atoms with van der Waals surface area (Å²) in [5, 5.41) is 10.5. The maximum atomic E-state index is 13.3. The fraction of sp³-hybridized carbons (Fsp3) is 0.375. The van der Waals surface area contributed by atoms with E-state index >= 15 is 0 Å². The zero-order valence-electron chi connectivity index (χ0n) is 26.3. The van der Waals surface area contributed by atoms with E-state index < -0.39 is 11.8 Å². The molecule has 0 radical (unpaired) electrons. The Morgan fingerprint density at radius 2 is 1.28 bits per heavy atom. The zero-order chi connectivity index (χ0) is 33.1. The lowest BCUT2D eigenvalue weighted by molar-refractivity contribution is -0.117. The molecule has 1 aromatic carbocycles. The Labute approximate surface area is 267 Å². The van der Waals surface area contributed by atoms with Crippen molar-refractivity contribution in [2.24, 2.45) is 0 Å². The summed E-state index contributed by atoms with van der Waals surface area (Å²) in [6, 6.07) is 7.45. The highest BCUT2D eigenvalue weighted by molar-refractivity contribution is 6.08. The van der Waals surface area contributed by atoms with Gasteiger partial charge in [0.2, 0.25) is 23.7 Å². The molecule has 14 nitrogen and oxygen atoms in total. The van der Waals surface area contributed by atoms with Crippen molar-refractivity contribution in [3.05, 3.63) is 66.2 Å². The minimum Gasteiger partial charge on any atom is -0.505 e. The van der Waals surface area contributed by atoms with E-state index in [0.717, 1.165) is 25.7 Å². The quantitative estimate of drug-likeness (QED) is 0.105. The molecule has 2 heterocycles. The first-order chi connectivity index (χ1) is 22.3. The molecule has 0 aliphatic heterocycles. The average molecular weight is 633 g/mol. The van der Waals surface area contributed by atoms with Gasteiger partial charge in [-0.05, 0) is 74.9 Å². The summed E-state index contributed by atoms with van der Waals surface area (Å²) < 4.78 is 10.8. The number of rotatable bonds is 18. The smallest absolute Gasteiger partial charge is 0.258 e. The number of carbonyl (C=O) groups excluding carboxylic acids is 4. The highest BCUT2D eigenvalue weighted by atomic mass is 16.5. The topological polar surface area (TPSA) is 186 Å². The van der Waals surface area contributed by atoms with E-state index in [9.17, 15) is 19.2 Å². The third-order valence-electron chi connectivity index (χ3n) is 6.20. The van der Waals surface area contributed by atoms with Crippen LogP contribution in [0.25, 0.3) is 0 Å². The molecule has 0 bridgehead atoms. The van der Waals surface area contributed by atoms with Crippen LogP contribution in [0.2, 0.25) is 0 Å². The van der Waals surface area contributed by atoms with Crippen LogP contribution in [0.1, 0.15) is 85.9 Å². The summed E-state index contributed by atoms with van der Waals surface area (Å²) in [5.41, 5.74) is 0.218. The number of nitrogens with zero attached hydrogens (tertiary/aromatic N) is 4. The Morgan fingerprint density at radius 3 is 1.78 bits per heavy atom. The van der Waals surface area contributed by atoms with E-state index in [4.69, 9.17) is 9.47 Å². The monoisotopic (exact) mass is 632 g/mol. The highest BCUT2D eigenvalue weighted by Crippen LogP contribution is 2.21. The lowest BCUT2D eigenvalue weighted by Crippen LogP contribution is -2.19. The van der Waals surface area contributed by atoms with Gasteiger partial charge in [-0.2, -0.15) is 9.97 Å². The molecule has 3 aromatic rings. The number of hydrogen-bond donors (Lipinski definition) is 4. The second-order valence-electron chi connectivity index (χ2n) is 10.1. The Bertz CT molecular complexity index is 1420. The van der Waals surface area contributed by atoms with E-state index in [1.807, 2.05) is 19.9 Å². The molecule has 4 N–H and O–H groups in total. The van der Waals surface area contributed by atoms with Crippen LogP contribution >= 0.6 is 0 Å². The Kier molecular flexibility index (Phi) is 14.6. The molecule has 0 unspecified atom stereocenters. The number of carbonyl (C=O) groups is 4. The SMILES string of the molecule is CCCC(=O)Nc1ccnc(NC(=O)c2cc(OCCCCC/C=C/OC)cc(C(=O)Nc3nccc(NC(=O)CCC)n3)c2)n1. The summed E-state index contributed by atoms with van der Waals surface area (Å²) in [6.45, 7) is 4.14. The maximum Gasteiger partial charge on any atom is 0.258 e. The van der Waals surface area contributed by atoms with Crippen molar-refractivity contribution in [2.75, 3.05) is 35.0 Å². The number of allylic oxidation sites excluding steroid dienone is 1. The van der Waals surface area contributed by atoms with Crippen molar-refractivity contribution in [3.8, 4) is 5.75 Å². The molecule has 3 rings (SSSR count). The number of methoxy groups -OCH3 is 1. The molecule has 0 fully saturated rings. The van der Waals surface area contributed by atoms with E-state index in [1.165, 1.54) is 42.7 Å². The number of aromatic nitrogens is 4. The second kappa shape index (κ2) is 19.1. The lowest BCUT2D eigenvalue weighted by Gasteiger charge is -2.12. The predicted molar refractivity (Wildman–Crippen MR) is 174 cm³/mol. The van der Waals surface area contributed by atoms with E-state index in [-0.39, 0.29) is 46.5 Å². The number of ether oxygens (including phenoxy) is 2. The molecule has 244 valence electrons. The molecule has 0 aliphatic carbocycles. The number of amides is 4. The molecule has 46 heavy (non-hydrogen) atoms. The van der Waals surface area contributed by atoms with E-state index in [2.05, 4.69) is 41.2 Å². The van der Waals surface area contributed by atoms with Crippen LogP contribution < -0.4 is 26.0 Å². The van der Waals surface area contributed by atoms with Gasteiger partial charge >= 0.3 is 0 Å². The van der Waals surface area contributed by atoms with Gasteiger partial charge in [0.15, 0.2) is 0 Å².